The smallest absolute Gasteiger partial charge is 0.144 e. The number of aromatic nitrogens is 2. The average Bonchev–Trinajstić information content (AvgIpc) is 2.17. The number of halogens is 1. The molecule has 0 fully saturated rings. The first-order valence-corrected chi connectivity index (χ1v) is 4.51. The van der Waals surface area contributed by atoms with Gasteiger partial charge in [0.1, 0.15) is 10.4 Å². The fraction of sp³-hybridized carbons (Fsp3) is 0.429. The lowest BCUT2D eigenvalue weighted by molar-refractivity contribution is 0.203. The summed E-state index contributed by atoms with van der Waals surface area (Å²) in [5.74, 6) is 0.524. The van der Waals surface area contributed by atoms with E-state index >= 15 is 0 Å². The van der Waals surface area contributed by atoms with Crippen LogP contribution in [0, 0.1) is 0 Å². The minimum absolute atomic E-state index is 0.145. The van der Waals surface area contributed by atoms with E-state index in [4.69, 9.17) is 10.2 Å². The molecule has 72 valence electrons. The lowest BCUT2D eigenvalue weighted by Crippen LogP contribution is -2.28. The molecule has 0 unspecified atom stereocenters. The largest absolute Gasteiger partial charge is 0.394 e. The van der Waals surface area contributed by atoms with Crippen molar-refractivity contribution in [3.8, 4) is 0 Å². The highest BCUT2D eigenvalue weighted by Gasteiger charge is 2.05. The number of nitrogens with zero attached hydrogens (tertiary/aromatic N) is 2. The van der Waals surface area contributed by atoms with Crippen LogP contribution in [0.2, 0.25) is 0 Å². The van der Waals surface area contributed by atoms with E-state index < -0.39 is 6.04 Å². The predicted molar refractivity (Wildman–Crippen MR) is 51.3 cm³/mol. The molecule has 0 aliphatic rings. The molecule has 0 spiro atoms. The molecule has 1 rings (SSSR count). The number of aliphatic hydroxyl groups is 2. The van der Waals surface area contributed by atoms with Crippen LogP contribution in [0.1, 0.15) is 0 Å². The molecule has 0 radical (unpaired) electrons. The Bertz CT molecular complexity index is 250. The van der Waals surface area contributed by atoms with Crippen molar-refractivity contribution in [2.24, 2.45) is 0 Å². The summed E-state index contributed by atoms with van der Waals surface area (Å²) in [4.78, 5) is 7.90. The summed E-state index contributed by atoms with van der Waals surface area (Å²) >= 11 is 3.15. The van der Waals surface area contributed by atoms with Gasteiger partial charge in [-0.25, -0.2) is 9.97 Å². The van der Waals surface area contributed by atoms with Crippen LogP contribution in [0.4, 0.5) is 5.82 Å². The highest BCUT2D eigenvalue weighted by Crippen LogP contribution is 2.06. The Hall–Kier alpha value is -0.720. The Morgan fingerprint density at radius 2 is 2.00 bits per heavy atom. The standard InChI is InChI=1S/C7H10BrN3O2/c8-6-1-10-7(2-9-6)11-5(3-12)4-13/h1-2,5,12-13H,3-4H2,(H,10,11). The topological polar surface area (TPSA) is 78.3 Å². The van der Waals surface area contributed by atoms with Crippen molar-refractivity contribution >= 4 is 21.7 Å². The summed E-state index contributed by atoms with van der Waals surface area (Å²) in [5, 5.41) is 20.3. The highest BCUT2D eigenvalue weighted by molar-refractivity contribution is 9.10. The first-order chi connectivity index (χ1) is 6.26. The third-order valence-corrected chi connectivity index (χ3v) is 1.82. The molecule has 0 bridgehead atoms. The summed E-state index contributed by atoms with van der Waals surface area (Å²) in [6, 6.07) is -0.393. The van der Waals surface area contributed by atoms with Gasteiger partial charge in [-0.15, -0.1) is 0 Å². The second kappa shape index (κ2) is 5.11. The predicted octanol–water partition coefficient (Wildman–Crippen LogP) is 0.00420. The normalized spacial score (nSPS) is 10.5. The van der Waals surface area contributed by atoms with Crippen LogP contribution in [-0.2, 0) is 0 Å². The summed E-state index contributed by atoms with van der Waals surface area (Å²) < 4.78 is 0.641. The molecule has 1 aromatic rings. The van der Waals surface area contributed by atoms with E-state index in [9.17, 15) is 0 Å². The summed E-state index contributed by atoms with van der Waals surface area (Å²) in [7, 11) is 0. The Morgan fingerprint density at radius 3 is 2.46 bits per heavy atom. The van der Waals surface area contributed by atoms with Gasteiger partial charge in [0.05, 0.1) is 31.6 Å². The molecule has 0 saturated carbocycles. The monoisotopic (exact) mass is 247 g/mol. The van der Waals surface area contributed by atoms with Gasteiger partial charge in [-0.2, -0.15) is 0 Å². The van der Waals surface area contributed by atoms with Crippen molar-refractivity contribution in [2.75, 3.05) is 18.5 Å². The third kappa shape index (κ3) is 3.25. The Kier molecular flexibility index (Phi) is 4.07. The van der Waals surface area contributed by atoms with Gasteiger partial charge in [-0.05, 0) is 15.9 Å². The molecule has 0 atom stereocenters. The van der Waals surface area contributed by atoms with Crippen LogP contribution in [0.3, 0.4) is 0 Å². The van der Waals surface area contributed by atoms with Gasteiger partial charge in [0.2, 0.25) is 0 Å². The van der Waals surface area contributed by atoms with E-state index in [1.165, 1.54) is 12.4 Å². The van der Waals surface area contributed by atoms with Crippen molar-refractivity contribution in [3.05, 3.63) is 17.0 Å². The van der Waals surface area contributed by atoms with Crippen LogP contribution < -0.4 is 5.32 Å². The number of aliphatic hydroxyl groups excluding tert-OH is 2. The SMILES string of the molecule is OCC(CO)Nc1cnc(Br)cn1. The molecule has 1 heterocycles. The van der Waals surface area contributed by atoms with E-state index in [-0.39, 0.29) is 13.2 Å². The Morgan fingerprint density at radius 1 is 1.31 bits per heavy atom. The van der Waals surface area contributed by atoms with Gasteiger partial charge in [0.15, 0.2) is 0 Å². The Labute approximate surface area is 84.0 Å². The fourth-order valence-electron chi connectivity index (χ4n) is 0.745. The van der Waals surface area contributed by atoms with Crippen LogP contribution in [-0.4, -0.2) is 39.4 Å². The molecule has 5 nitrogen and oxygen atoms in total. The summed E-state index contributed by atoms with van der Waals surface area (Å²) in [5.41, 5.74) is 0. The Balaban J connectivity index is 2.58. The zero-order valence-electron chi connectivity index (χ0n) is 6.81. The van der Waals surface area contributed by atoms with Crippen molar-refractivity contribution in [1.82, 2.24) is 9.97 Å². The first kappa shape index (κ1) is 10.4. The zero-order valence-corrected chi connectivity index (χ0v) is 8.40. The maximum Gasteiger partial charge on any atom is 0.144 e. The minimum Gasteiger partial charge on any atom is -0.394 e. The maximum absolute atomic E-state index is 8.76. The van der Waals surface area contributed by atoms with Crippen molar-refractivity contribution in [3.63, 3.8) is 0 Å². The van der Waals surface area contributed by atoms with Crippen LogP contribution in [0.25, 0.3) is 0 Å². The number of hydrogen-bond acceptors (Lipinski definition) is 5. The van der Waals surface area contributed by atoms with Gasteiger partial charge < -0.3 is 15.5 Å². The van der Waals surface area contributed by atoms with Crippen molar-refractivity contribution in [2.45, 2.75) is 6.04 Å². The van der Waals surface area contributed by atoms with Gasteiger partial charge in [-0.3, -0.25) is 0 Å². The molecular weight excluding hydrogens is 238 g/mol. The number of anilines is 1. The van der Waals surface area contributed by atoms with Crippen molar-refractivity contribution in [1.29, 1.82) is 0 Å². The van der Waals surface area contributed by atoms with E-state index in [1.807, 2.05) is 0 Å². The van der Waals surface area contributed by atoms with Crippen LogP contribution >= 0.6 is 15.9 Å². The van der Waals surface area contributed by atoms with Crippen molar-refractivity contribution < 1.29 is 10.2 Å². The summed E-state index contributed by atoms with van der Waals surface area (Å²) in [6.45, 7) is -0.289. The molecule has 6 heteroatoms. The van der Waals surface area contributed by atoms with Gasteiger partial charge in [0, 0.05) is 0 Å². The average molecular weight is 248 g/mol. The van der Waals surface area contributed by atoms with Crippen LogP contribution in [0.5, 0.6) is 0 Å². The van der Waals surface area contributed by atoms with Crippen LogP contribution in [0.15, 0.2) is 17.0 Å². The van der Waals surface area contributed by atoms with Gasteiger partial charge in [0.25, 0.3) is 0 Å². The second-order valence-corrected chi connectivity index (χ2v) is 3.24. The lowest BCUT2D eigenvalue weighted by atomic mass is 10.3. The number of nitrogens with one attached hydrogen (secondary N) is 1. The molecule has 0 aliphatic carbocycles. The maximum atomic E-state index is 8.76. The molecule has 0 amide bonds. The fourth-order valence-corrected chi connectivity index (χ4v) is 0.950. The molecule has 1 aromatic heterocycles. The molecule has 0 aliphatic heterocycles. The quantitative estimate of drug-likeness (QED) is 0.699. The van der Waals surface area contributed by atoms with E-state index in [0.29, 0.717) is 10.4 Å². The second-order valence-electron chi connectivity index (χ2n) is 2.43. The number of rotatable bonds is 4. The summed E-state index contributed by atoms with van der Waals surface area (Å²) in [6.07, 6.45) is 3.05. The molecule has 13 heavy (non-hydrogen) atoms. The van der Waals surface area contributed by atoms with E-state index in [1.54, 1.807) is 0 Å². The molecular formula is C7H10BrN3O2. The zero-order chi connectivity index (χ0) is 9.68. The molecule has 0 aromatic carbocycles. The molecule has 3 N–H and O–H groups in total. The first-order valence-electron chi connectivity index (χ1n) is 3.72. The lowest BCUT2D eigenvalue weighted by Gasteiger charge is -2.12. The number of hydrogen-bond donors (Lipinski definition) is 3. The third-order valence-electron chi connectivity index (χ3n) is 1.41. The molecule has 0 saturated heterocycles. The van der Waals surface area contributed by atoms with Gasteiger partial charge >= 0.3 is 0 Å². The van der Waals surface area contributed by atoms with E-state index in [0.717, 1.165) is 0 Å². The minimum atomic E-state index is -0.393. The highest BCUT2D eigenvalue weighted by atomic mass is 79.9. The van der Waals surface area contributed by atoms with Gasteiger partial charge in [-0.1, -0.05) is 0 Å². The van der Waals surface area contributed by atoms with E-state index in [2.05, 4.69) is 31.2 Å².